The van der Waals surface area contributed by atoms with Gasteiger partial charge in [-0.3, -0.25) is 4.79 Å². The minimum atomic E-state index is -3.79. The molecule has 164 valence electrons. The number of sulfonamides is 1. The highest BCUT2D eigenvalue weighted by molar-refractivity contribution is 7.89. The summed E-state index contributed by atoms with van der Waals surface area (Å²) in [5.74, 6) is 1.38. The molecule has 0 unspecified atom stereocenters. The number of hydrogen-bond donors (Lipinski definition) is 1. The maximum atomic E-state index is 12.8. The number of ether oxygens (including phenoxy) is 2. The van der Waals surface area contributed by atoms with E-state index in [-0.39, 0.29) is 17.3 Å². The van der Waals surface area contributed by atoms with Gasteiger partial charge in [0.1, 0.15) is 0 Å². The number of rotatable bonds is 11. The second-order valence-electron chi connectivity index (χ2n) is 7.87. The van der Waals surface area contributed by atoms with Crippen molar-refractivity contribution in [2.45, 2.75) is 57.3 Å². The smallest absolute Gasteiger partial charge is 0.243 e. The zero-order valence-electron chi connectivity index (χ0n) is 17.8. The zero-order chi connectivity index (χ0) is 21.3. The highest BCUT2D eigenvalue weighted by Crippen LogP contribution is 2.32. The molecule has 1 aliphatic heterocycles. The summed E-state index contributed by atoms with van der Waals surface area (Å²) in [6.07, 6.45) is 6.32. The summed E-state index contributed by atoms with van der Waals surface area (Å²) in [5.41, 5.74) is 0. The Morgan fingerprint density at radius 2 is 1.79 bits per heavy atom. The van der Waals surface area contributed by atoms with Crippen LogP contribution in [-0.2, 0) is 14.8 Å². The molecule has 0 fully saturated rings. The summed E-state index contributed by atoms with van der Waals surface area (Å²) in [6, 6.07) is 4.54. The molecule has 1 aromatic carbocycles. The Morgan fingerprint density at radius 1 is 1.10 bits per heavy atom. The molecule has 0 aromatic heterocycles. The molecule has 7 nitrogen and oxygen atoms in total. The molecule has 2 rings (SSSR count). The van der Waals surface area contributed by atoms with Gasteiger partial charge < -0.3 is 14.8 Å². The lowest BCUT2D eigenvalue weighted by Gasteiger charge is -2.18. The van der Waals surface area contributed by atoms with Gasteiger partial charge in [-0.05, 0) is 24.5 Å². The van der Waals surface area contributed by atoms with Crippen LogP contribution in [0.15, 0.2) is 23.1 Å². The third-order valence-electron chi connectivity index (χ3n) is 4.82. The maximum absolute atomic E-state index is 12.8. The Kier molecular flexibility index (Phi) is 9.23. The van der Waals surface area contributed by atoms with Crippen LogP contribution < -0.4 is 14.8 Å². The molecule has 0 bridgehead atoms. The van der Waals surface area contributed by atoms with Crippen molar-refractivity contribution < 1.29 is 22.7 Å². The van der Waals surface area contributed by atoms with Crippen LogP contribution in [0.2, 0.25) is 0 Å². The Balaban J connectivity index is 1.80. The number of amides is 1. The van der Waals surface area contributed by atoms with Gasteiger partial charge in [0, 0.05) is 26.1 Å². The topological polar surface area (TPSA) is 84.9 Å². The first-order valence-electron chi connectivity index (χ1n) is 10.4. The minimum absolute atomic E-state index is 0.0854. The summed E-state index contributed by atoms with van der Waals surface area (Å²) in [6.45, 7) is 5.81. The van der Waals surface area contributed by atoms with E-state index in [1.165, 1.54) is 32.0 Å². The van der Waals surface area contributed by atoms with E-state index in [1.54, 1.807) is 6.07 Å². The highest BCUT2D eigenvalue weighted by Gasteiger charge is 2.25. The summed E-state index contributed by atoms with van der Waals surface area (Å²) in [7, 11) is -2.39. The standard InChI is InChI=1S/C21H34N2O5S/c1-17(2)9-6-4-5-7-12-22-21(24)16-23(3)29(25,26)18-10-11-19-20(15-18)28-14-8-13-27-19/h10-11,15,17H,4-9,12-14,16H2,1-3H3,(H,22,24). The quantitative estimate of drug-likeness (QED) is 0.549. The molecule has 0 saturated heterocycles. The van der Waals surface area contributed by atoms with Gasteiger partial charge in [0.25, 0.3) is 0 Å². The van der Waals surface area contributed by atoms with Crippen LogP contribution in [0.25, 0.3) is 0 Å². The first kappa shape index (κ1) is 23.5. The van der Waals surface area contributed by atoms with Crippen LogP contribution in [-0.4, -0.2) is 52.0 Å². The normalized spacial score (nSPS) is 14.1. The van der Waals surface area contributed by atoms with Crippen LogP contribution in [0.1, 0.15) is 52.4 Å². The monoisotopic (exact) mass is 426 g/mol. The third-order valence-corrected chi connectivity index (χ3v) is 6.62. The average Bonchev–Trinajstić information content (AvgIpc) is 2.91. The number of carbonyl (C=O) groups excluding carboxylic acids is 1. The van der Waals surface area contributed by atoms with Crippen molar-refractivity contribution in [1.82, 2.24) is 9.62 Å². The predicted molar refractivity (Wildman–Crippen MR) is 113 cm³/mol. The molecule has 1 N–H and O–H groups in total. The molecular formula is C21H34N2O5S. The molecule has 8 heteroatoms. The van der Waals surface area contributed by atoms with Gasteiger partial charge in [-0.2, -0.15) is 4.31 Å². The Morgan fingerprint density at radius 3 is 2.52 bits per heavy atom. The number of nitrogens with zero attached hydrogens (tertiary/aromatic N) is 1. The van der Waals surface area contributed by atoms with E-state index in [9.17, 15) is 13.2 Å². The number of nitrogens with one attached hydrogen (secondary N) is 1. The van der Waals surface area contributed by atoms with Gasteiger partial charge in [-0.1, -0.05) is 39.5 Å². The van der Waals surface area contributed by atoms with Crippen LogP contribution in [0, 0.1) is 5.92 Å². The van der Waals surface area contributed by atoms with E-state index >= 15 is 0 Å². The van der Waals surface area contributed by atoms with Crippen molar-refractivity contribution in [2.75, 3.05) is 33.4 Å². The summed E-state index contributed by atoms with van der Waals surface area (Å²) >= 11 is 0. The molecular weight excluding hydrogens is 392 g/mol. The minimum Gasteiger partial charge on any atom is -0.490 e. The van der Waals surface area contributed by atoms with Crippen LogP contribution in [0.4, 0.5) is 0 Å². The molecule has 29 heavy (non-hydrogen) atoms. The van der Waals surface area contributed by atoms with Crippen molar-refractivity contribution in [3.05, 3.63) is 18.2 Å². The van der Waals surface area contributed by atoms with Gasteiger partial charge in [-0.15, -0.1) is 0 Å². The first-order valence-corrected chi connectivity index (χ1v) is 11.9. The van der Waals surface area contributed by atoms with Gasteiger partial charge >= 0.3 is 0 Å². The molecule has 0 atom stereocenters. The number of likely N-dealkylation sites (N-methyl/N-ethyl adjacent to an activating group) is 1. The Labute approximate surface area is 174 Å². The number of fused-ring (bicyclic) bond motifs is 1. The maximum Gasteiger partial charge on any atom is 0.243 e. The van der Waals surface area contributed by atoms with Crippen molar-refractivity contribution in [3.8, 4) is 11.5 Å². The summed E-state index contributed by atoms with van der Waals surface area (Å²) < 4.78 is 37.7. The molecule has 0 radical (unpaired) electrons. The fourth-order valence-corrected chi connectivity index (χ4v) is 4.23. The second kappa shape index (κ2) is 11.4. The molecule has 1 heterocycles. The van der Waals surface area contributed by atoms with Crippen molar-refractivity contribution in [3.63, 3.8) is 0 Å². The Hall–Kier alpha value is -1.80. The highest BCUT2D eigenvalue weighted by atomic mass is 32.2. The molecule has 0 aliphatic carbocycles. The molecule has 1 amide bonds. The lowest BCUT2D eigenvalue weighted by Crippen LogP contribution is -2.38. The lowest BCUT2D eigenvalue weighted by molar-refractivity contribution is -0.121. The fraction of sp³-hybridized carbons (Fsp3) is 0.667. The Bertz CT molecular complexity index is 764. The SMILES string of the molecule is CC(C)CCCCCCNC(=O)CN(C)S(=O)(=O)c1ccc2c(c1)OCCCO2. The average molecular weight is 427 g/mol. The van der Waals surface area contributed by atoms with Crippen LogP contribution >= 0.6 is 0 Å². The van der Waals surface area contributed by atoms with E-state index in [0.717, 1.165) is 35.9 Å². The van der Waals surface area contributed by atoms with Crippen molar-refractivity contribution in [1.29, 1.82) is 0 Å². The van der Waals surface area contributed by atoms with Gasteiger partial charge in [0.15, 0.2) is 11.5 Å². The molecule has 0 spiro atoms. The van der Waals surface area contributed by atoms with Crippen LogP contribution in [0.5, 0.6) is 11.5 Å². The summed E-state index contributed by atoms with van der Waals surface area (Å²) in [4.78, 5) is 12.2. The number of benzene rings is 1. The van der Waals surface area contributed by atoms with E-state index in [0.29, 0.717) is 31.3 Å². The number of unbranched alkanes of at least 4 members (excludes halogenated alkanes) is 3. The number of carbonyl (C=O) groups is 1. The van der Waals surface area contributed by atoms with Crippen LogP contribution in [0.3, 0.4) is 0 Å². The zero-order valence-corrected chi connectivity index (χ0v) is 18.6. The van der Waals surface area contributed by atoms with E-state index in [1.807, 2.05) is 0 Å². The largest absolute Gasteiger partial charge is 0.490 e. The van der Waals surface area contributed by atoms with Gasteiger partial charge in [-0.25, -0.2) is 8.42 Å². The molecule has 1 aliphatic rings. The van der Waals surface area contributed by atoms with Gasteiger partial charge in [0.2, 0.25) is 15.9 Å². The predicted octanol–water partition coefficient (Wildman–Crippen LogP) is 3.19. The van der Waals surface area contributed by atoms with E-state index in [4.69, 9.17) is 9.47 Å². The molecule has 0 saturated carbocycles. The lowest BCUT2D eigenvalue weighted by atomic mass is 10.0. The summed E-state index contributed by atoms with van der Waals surface area (Å²) in [5, 5.41) is 2.81. The van der Waals surface area contributed by atoms with Crippen molar-refractivity contribution >= 4 is 15.9 Å². The fourth-order valence-electron chi connectivity index (χ4n) is 3.09. The van der Waals surface area contributed by atoms with E-state index < -0.39 is 10.0 Å². The third kappa shape index (κ3) is 7.51. The molecule has 1 aromatic rings. The first-order chi connectivity index (χ1) is 13.8. The second-order valence-corrected chi connectivity index (χ2v) is 9.91. The van der Waals surface area contributed by atoms with Crippen molar-refractivity contribution in [2.24, 2.45) is 5.92 Å². The van der Waals surface area contributed by atoms with E-state index in [2.05, 4.69) is 19.2 Å². The number of hydrogen-bond acceptors (Lipinski definition) is 5. The van der Waals surface area contributed by atoms with Gasteiger partial charge in [0.05, 0.1) is 24.7 Å².